The lowest BCUT2D eigenvalue weighted by atomic mass is 10.1. The van der Waals surface area contributed by atoms with E-state index in [1.165, 1.54) is 0 Å². The van der Waals surface area contributed by atoms with Crippen molar-refractivity contribution in [3.8, 4) is 0 Å². The number of hydrogen-bond donors (Lipinski definition) is 2. The highest BCUT2D eigenvalue weighted by Gasteiger charge is 2.21. The van der Waals surface area contributed by atoms with Gasteiger partial charge in [-0.3, -0.25) is 5.41 Å². The van der Waals surface area contributed by atoms with Crippen molar-refractivity contribution < 1.29 is 0 Å². The van der Waals surface area contributed by atoms with E-state index < -0.39 is 0 Å². The number of rotatable bonds is 3. The van der Waals surface area contributed by atoms with Gasteiger partial charge >= 0.3 is 0 Å². The van der Waals surface area contributed by atoms with Crippen molar-refractivity contribution in [1.29, 1.82) is 5.41 Å². The van der Waals surface area contributed by atoms with Gasteiger partial charge in [-0.05, 0) is 25.1 Å². The molecule has 1 fully saturated rings. The molecule has 1 aliphatic rings. The molecule has 98 valence electrons. The largest absolute Gasteiger partial charge is 0.384 e. The molecule has 1 aliphatic heterocycles. The number of anilines is 1. The van der Waals surface area contributed by atoms with Crippen LogP contribution in [0.3, 0.4) is 0 Å². The van der Waals surface area contributed by atoms with Gasteiger partial charge in [0.05, 0.1) is 5.56 Å². The Bertz CT molecular complexity index is 435. The third-order valence-corrected chi connectivity index (χ3v) is 3.53. The van der Waals surface area contributed by atoms with Crippen LogP contribution in [-0.2, 0) is 0 Å². The molecule has 2 rings (SSSR count). The van der Waals surface area contributed by atoms with Crippen LogP contribution in [-0.4, -0.2) is 48.4 Å². The molecule has 0 bridgehead atoms. The summed E-state index contributed by atoms with van der Waals surface area (Å²) in [7, 11) is 0. The normalized spacial score (nSPS) is 16.9. The summed E-state index contributed by atoms with van der Waals surface area (Å²) in [5, 5.41) is 7.71. The summed E-state index contributed by atoms with van der Waals surface area (Å²) in [6, 6.07) is 1.91. The van der Waals surface area contributed by atoms with E-state index in [1.807, 2.05) is 13.0 Å². The van der Waals surface area contributed by atoms with E-state index in [-0.39, 0.29) is 5.84 Å². The van der Waals surface area contributed by atoms with Gasteiger partial charge in [-0.2, -0.15) is 0 Å². The highest BCUT2D eigenvalue weighted by atomic mass is 15.3. The molecule has 2 heterocycles. The molecule has 18 heavy (non-hydrogen) atoms. The number of nitrogens with two attached hydrogens (primary N) is 1. The van der Waals surface area contributed by atoms with Gasteiger partial charge in [0.15, 0.2) is 0 Å². The van der Waals surface area contributed by atoms with Crippen molar-refractivity contribution in [3.05, 3.63) is 23.4 Å². The van der Waals surface area contributed by atoms with E-state index in [9.17, 15) is 0 Å². The zero-order valence-electron chi connectivity index (χ0n) is 11.1. The maximum atomic E-state index is 7.71. The Balaban J connectivity index is 2.24. The molecule has 0 spiro atoms. The number of pyridine rings is 1. The summed E-state index contributed by atoms with van der Waals surface area (Å²) in [4.78, 5) is 9.07. The Labute approximate surface area is 108 Å². The average Bonchev–Trinajstić information content (AvgIpc) is 2.38. The zero-order valence-corrected chi connectivity index (χ0v) is 11.1. The lowest BCUT2D eigenvalue weighted by Gasteiger charge is -2.35. The molecule has 0 atom stereocenters. The minimum Gasteiger partial charge on any atom is -0.384 e. The second kappa shape index (κ2) is 5.35. The van der Waals surface area contributed by atoms with E-state index in [1.54, 1.807) is 6.20 Å². The molecule has 0 aliphatic carbocycles. The van der Waals surface area contributed by atoms with E-state index in [0.717, 1.165) is 49.7 Å². The van der Waals surface area contributed by atoms with Gasteiger partial charge in [0.1, 0.15) is 11.7 Å². The third kappa shape index (κ3) is 2.46. The smallest absolute Gasteiger partial charge is 0.139 e. The van der Waals surface area contributed by atoms with Crippen LogP contribution in [0.25, 0.3) is 0 Å². The highest BCUT2D eigenvalue weighted by molar-refractivity contribution is 6.01. The summed E-state index contributed by atoms with van der Waals surface area (Å²) in [6.07, 6.45) is 1.79. The van der Waals surface area contributed by atoms with Crippen molar-refractivity contribution in [2.75, 3.05) is 37.6 Å². The Morgan fingerprint density at radius 3 is 2.61 bits per heavy atom. The van der Waals surface area contributed by atoms with Gasteiger partial charge in [0.25, 0.3) is 0 Å². The second-order valence-corrected chi connectivity index (χ2v) is 4.66. The van der Waals surface area contributed by atoms with Crippen molar-refractivity contribution >= 4 is 11.7 Å². The lowest BCUT2D eigenvalue weighted by Crippen LogP contribution is -2.47. The topological polar surface area (TPSA) is 69.2 Å². The first kappa shape index (κ1) is 12.8. The van der Waals surface area contributed by atoms with Crippen molar-refractivity contribution in [2.24, 2.45) is 5.73 Å². The predicted molar refractivity (Wildman–Crippen MR) is 74.3 cm³/mol. The van der Waals surface area contributed by atoms with Crippen LogP contribution in [0.4, 0.5) is 5.82 Å². The van der Waals surface area contributed by atoms with Crippen LogP contribution in [0, 0.1) is 12.3 Å². The number of amidine groups is 1. The van der Waals surface area contributed by atoms with E-state index in [0.29, 0.717) is 0 Å². The third-order valence-electron chi connectivity index (χ3n) is 3.53. The summed E-state index contributed by atoms with van der Waals surface area (Å²) < 4.78 is 0. The van der Waals surface area contributed by atoms with Gasteiger partial charge in [0, 0.05) is 32.4 Å². The zero-order chi connectivity index (χ0) is 13.1. The molecular weight excluding hydrogens is 226 g/mol. The molecule has 1 aromatic rings. The van der Waals surface area contributed by atoms with Crippen LogP contribution in [0.15, 0.2) is 12.3 Å². The molecular formula is C13H21N5. The highest BCUT2D eigenvalue weighted by Crippen LogP contribution is 2.21. The fourth-order valence-corrected chi connectivity index (χ4v) is 2.39. The average molecular weight is 247 g/mol. The quantitative estimate of drug-likeness (QED) is 0.613. The minimum absolute atomic E-state index is 0.105. The molecule has 1 aromatic heterocycles. The number of piperazine rings is 1. The monoisotopic (exact) mass is 247 g/mol. The number of nitrogens with one attached hydrogen (secondary N) is 1. The predicted octanol–water partition coefficient (Wildman–Crippen LogP) is 0.816. The molecule has 5 heteroatoms. The van der Waals surface area contributed by atoms with Crippen molar-refractivity contribution in [2.45, 2.75) is 13.8 Å². The standard InChI is InChI=1S/C13H21N5/c1-3-17-6-8-18(9-7-17)13-11(12(14)15)10(2)4-5-16-13/h4-5H,3,6-9H2,1-2H3,(H3,14,15). The second-order valence-electron chi connectivity index (χ2n) is 4.66. The van der Waals surface area contributed by atoms with Gasteiger partial charge < -0.3 is 15.5 Å². The first-order valence-corrected chi connectivity index (χ1v) is 6.40. The number of hydrogen-bond acceptors (Lipinski definition) is 4. The fourth-order valence-electron chi connectivity index (χ4n) is 2.39. The van der Waals surface area contributed by atoms with Gasteiger partial charge in [-0.25, -0.2) is 4.98 Å². The van der Waals surface area contributed by atoms with Crippen LogP contribution in [0.2, 0.25) is 0 Å². The maximum absolute atomic E-state index is 7.71. The molecule has 0 amide bonds. The molecule has 0 radical (unpaired) electrons. The van der Waals surface area contributed by atoms with Crippen molar-refractivity contribution in [3.63, 3.8) is 0 Å². The summed E-state index contributed by atoms with van der Waals surface area (Å²) >= 11 is 0. The Morgan fingerprint density at radius 1 is 1.39 bits per heavy atom. The first-order chi connectivity index (χ1) is 8.63. The van der Waals surface area contributed by atoms with Crippen LogP contribution < -0.4 is 10.6 Å². The molecule has 0 aromatic carbocycles. The van der Waals surface area contributed by atoms with Gasteiger partial charge in [-0.15, -0.1) is 0 Å². The van der Waals surface area contributed by atoms with E-state index >= 15 is 0 Å². The Morgan fingerprint density at radius 2 is 2.06 bits per heavy atom. The molecule has 1 saturated heterocycles. The Kier molecular flexibility index (Phi) is 3.81. The first-order valence-electron chi connectivity index (χ1n) is 6.40. The Hall–Kier alpha value is -1.62. The van der Waals surface area contributed by atoms with Gasteiger partial charge in [-0.1, -0.05) is 6.92 Å². The van der Waals surface area contributed by atoms with Crippen molar-refractivity contribution in [1.82, 2.24) is 9.88 Å². The van der Waals surface area contributed by atoms with E-state index in [2.05, 4.69) is 21.7 Å². The summed E-state index contributed by atoms with van der Waals surface area (Å²) in [6.45, 7) is 9.24. The maximum Gasteiger partial charge on any atom is 0.139 e. The SMILES string of the molecule is CCN1CCN(c2nccc(C)c2C(=N)N)CC1. The summed E-state index contributed by atoms with van der Waals surface area (Å²) in [5.41, 5.74) is 7.48. The molecule has 5 nitrogen and oxygen atoms in total. The number of nitrogen functional groups attached to an aromatic ring is 1. The van der Waals surface area contributed by atoms with Crippen LogP contribution in [0.5, 0.6) is 0 Å². The molecule has 0 unspecified atom stereocenters. The lowest BCUT2D eigenvalue weighted by molar-refractivity contribution is 0.270. The molecule has 3 N–H and O–H groups in total. The van der Waals surface area contributed by atoms with E-state index in [4.69, 9.17) is 11.1 Å². The number of likely N-dealkylation sites (N-methyl/N-ethyl adjacent to an activating group) is 1. The number of aryl methyl sites for hydroxylation is 1. The minimum atomic E-state index is 0.105. The summed E-state index contributed by atoms with van der Waals surface area (Å²) in [5.74, 6) is 0.965. The number of nitrogens with zero attached hydrogens (tertiary/aromatic N) is 3. The van der Waals surface area contributed by atoms with Crippen LogP contribution >= 0.6 is 0 Å². The molecule has 0 saturated carbocycles. The van der Waals surface area contributed by atoms with Gasteiger partial charge in [0.2, 0.25) is 0 Å². The van der Waals surface area contributed by atoms with Crippen LogP contribution in [0.1, 0.15) is 18.1 Å². The number of aromatic nitrogens is 1. The fraction of sp³-hybridized carbons (Fsp3) is 0.538.